The minimum atomic E-state index is -0.442. The van der Waals surface area contributed by atoms with Crippen molar-refractivity contribution in [1.29, 1.82) is 0 Å². The highest BCUT2D eigenvalue weighted by molar-refractivity contribution is 5.30. The molecule has 0 aliphatic heterocycles. The van der Waals surface area contributed by atoms with E-state index >= 15 is 0 Å². The molecule has 0 N–H and O–H groups in total. The molecule has 1 rings (SSSR count). The van der Waals surface area contributed by atoms with Crippen LogP contribution in [-0.2, 0) is 7.05 Å². The number of nitro groups is 1. The maximum absolute atomic E-state index is 10.2. The summed E-state index contributed by atoms with van der Waals surface area (Å²) >= 11 is 0. The van der Waals surface area contributed by atoms with Crippen molar-refractivity contribution in [2.45, 2.75) is 20.8 Å². The van der Waals surface area contributed by atoms with Gasteiger partial charge in [0.2, 0.25) is 0 Å². The van der Waals surface area contributed by atoms with Crippen molar-refractivity contribution in [2.24, 2.45) is 7.05 Å². The summed E-state index contributed by atoms with van der Waals surface area (Å²) in [6, 6.07) is 0. The van der Waals surface area contributed by atoms with Gasteiger partial charge < -0.3 is 0 Å². The zero-order valence-electron chi connectivity index (χ0n) is 7.74. The van der Waals surface area contributed by atoms with Gasteiger partial charge in [-0.15, -0.1) is 0 Å². The second-order valence-corrected chi connectivity index (χ2v) is 2.03. The summed E-state index contributed by atoms with van der Waals surface area (Å²) in [5, 5.41) is 14.0. The molecular weight excluding hydrogens is 158 g/mol. The highest BCUT2D eigenvalue weighted by Crippen LogP contribution is 2.13. The Hall–Kier alpha value is -1.39. The van der Waals surface area contributed by atoms with Crippen LogP contribution in [0.3, 0.4) is 0 Å². The van der Waals surface area contributed by atoms with Crippen LogP contribution in [0.4, 0.5) is 5.69 Å². The first-order valence-electron chi connectivity index (χ1n) is 3.76. The van der Waals surface area contributed by atoms with Crippen molar-refractivity contribution in [2.75, 3.05) is 0 Å². The van der Waals surface area contributed by atoms with Gasteiger partial charge in [-0.3, -0.25) is 14.8 Å². The summed E-state index contributed by atoms with van der Waals surface area (Å²) in [5.74, 6) is 0. The molecule has 0 radical (unpaired) electrons. The Morgan fingerprint density at radius 1 is 1.58 bits per heavy atom. The molecule has 1 heterocycles. The first kappa shape index (κ1) is 10.6. The standard InChI is InChI=1S/C5H7N3O2.C2H6/c1-4-5(8(9)10)3-7(2)6-4;1-2/h3H,1-2H3;1-2H3. The molecule has 0 aliphatic carbocycles. The second kappa shape index (κ2) is 4.48. The lowest BCUT2D eigenvalue weighted by Gasteiger charge is -1.81. The maximum Gasteiger partial charge on any atom is 0.309 e. The average Bonchev–Trinajstić information content (AvgIpc) is 2.34. The van der Waals surface area contributed by atoms with Crippen LogP contribution < -0.4 is 0 Å². The summed E-state index contributed by atoms with van der Waals surface area (Å²) in [7, 11) is 1.65. The monoisotopic (exact) mass is 171 g/mol. The molecule has 0 amide bonds. The minimum absolute atomic E-state index is 0.0718. The van der Waals surface area contributed by atoms with E-state index in [1.165, 1.54) is 10.9 Å². The van der Waals surface area contributed by atoms with E-state index in [0.29, 0.717) is 5.69 Å². The number of rotatable bonds is 1. The zero-order chi connectivity index (χ0) is 9.72. The SMILES string of the molecule is CC.Cc1nn(C)cc1[N+](=O)[O-]. The van der Waals surface area contributed by atoms with Gasteiger partial charge in [-0.05, 0) is 6.92 Å². The predicted octanol–water partition coefficient (Wildman–Crippen LogP) is 1.66. The molecule has 1 aromatic heterocycles. The van der Waals surface area contributed by atoms with Gasteiger partial charge in [0.1, 0.15) is 11.9 Å². The first-order valence-corrected chi connectivity index (χ1v) is 3.76. The van der Waals surface area contributed by atoms with Crippen molar-refractivity contribution in [1.82, 2.24) is 9.78 Å². The van der Waals surface area contributed by atoms with Crippen LogP contribution in [0.1, 0.15) is 19.5 Å². The van der Waals surface area contributed by atoms with Crippen LogP contribution in [-0.4, -0.2) is 14.7 Å². The van der Waals surface area contributed by atoms with Crippen LogP contribution >= 0.6 is 0 Å². The first-order chi connectivity index (χ1) is 5.61. The number of hydrogen-bond donors (Lipinski definition) is 0. The summed E-state index contributed by atoms with van der Waals surface area (Å²) in [5.41, 5.74) is 0.523. The molecule has 0 fully saturated rings. The molecule has 5 nitrogen and oxygen atoms in total. The Bertz CT molecular complexity index is 268. The summed E-state index contributed by atoms with van der Waals surface area (Å²) in [6.07, 6.45) is 1.38. The van der Waals surface area contributed by atoms with Crippen molar-refractivity contribution in [3.8, 4) is 0 Å². The van der Waals surface area contributed by atoms with Gasteiger partial charge in [-0.1, -0.05) is 13.8 Å². The van der Waals surface area contributed by atoms with Gasteiger partial charge in [0, 0.05) is 7.05 Å². The van der Waals surface area contributed by atoms with Crippen molar-refractivity contribution < 1.29 is 4.92 Å². The Labute approximate surface area is 71.2 Å². The Morgan fingerprint density at radius 2 is 2.08 bits per heavy atom. The fraction of sp³-hybridized carbons (Fsp3) is 0.571. The molecular formula is C7H13N3O2. The van der Waals surface area contributed by atoms with E-state index in [1.807, 2.05) is 13.8 Å². The normalized spacial score (nSPS) is 8.67. The van der Waals surface area contributed by atoms with E-state index in [1.54, 1.807) is 14.0 Å². The molecule has 0 unspecified atom stereocenters. The third kappa shape index (κ3) is 2.34. The predicted molar refractivity (Wildman–Crippen MR) is 45.9 cm³/mol. The van der Waals surface area contributed by atoms with E-state index in [4.69, 9.17) is 0 Å². The summed E-state index contributed by atoms with van der Waals surface area (Å²) < 4.78 is 1.42. The topological polar surface area (TPSA) is 61.0 Å². The van der Waals surface area contributed by atoms with E-state index in [0.717, 1.165) is 0 Å². The van der Waals surface area contributed by atoms with Crippen LogP contribution in [0.5, 0.6) is 0 Å². The molecule has 0 spiro atoms. The number of aromatic nitrogens is 2. The lowest BCUT2D eigenvalue weighted by atomic mass is 10.4. The number of nitrogens with zero attached hydrogens (tertiary/aromatic N) is 3. The van der Waals surface area contributed by atoms with Crippen LogP contribution in [0.25, 0.3) is 0 Å². The zero-order valence-corrected chi connectivity index (χ0v) is 7.74. The molecule has 1 aromatic rings. The molecule has 0 aromatic carbocycles. The molecule has 0 saturated heterocycles. The van der Waals surface area contributed by atoms with Crippen molar-refractivity contribution in [3.05, 3.63) is 22.0 Å². The third-order valence-corrected chi connectivity index (χ3v) is 1.18. The van der Waals surface area contributed by atoms with Crippen LogP contribution in [0.2, 0.25) is 0 Å². The Balaban J connectivity index is 0.000000561. The third-order valence-electron chi connectivity index (χ3n) is 1.18. The molecule has 12 heavy (non-hydrogen) atoms. The van der Waals surface area contributed by atoms with E-state index < -0.39 is 4.92 Å². The van der Waals surface area contributed by atoms with Gasteiger partial charge >= 0.3 is 5.69 Å². The molecule has 0 atom stereocenters. The smallest absolute Gasteiger partial charge is 0.268 e. The van der Waals surface area contributed by atoms with E-state index in [-0.39, 0.29) is 5.69 Å². The second-order valence-electron chi connectivity index (χ2n) is 2.03. The fourth-order valence-electron chi connectivity index (χ4n) is 0.766. The van der Waals surface area contributed by atoms with E-state index in [9.17, 15) is 10.1 Å². The van der Waals surface area contributed by atoms with E-state index in [2.05, 4.69) is 5.10 Å². The lowest BCUT2D eigenvalue weighted by molar-refractivity contribution is -0.385. The van der Waals surface area contributed by atoms with Gasteiger partial charge in [-0.25, -0.2) is 0 Å². The summed E-state index contributed by atoms with van der Waals surface area (Å²) in [6.45, 7) is 5.61. The Morgan fingerprint density at radius 3 is 2.25 bits per heavy atom. The molecule has 0 saturated carbocycles. The number of aryl methyl sites for hydroxylation is 2. The van der Waals surface area contributed by atoms with Gasteiger partial charge in [0.15, 0.2) is 0 Å². The van der Waals surface area contributed by atoms with Crippen molar-refractivity contribution >= 4 is 5.69 Å². The molecule has 68 valence electrons. The van der Waals surface area contributed by atoms with Crippen LogP contribution in [0, 0.1) is 17.0 Å². The minimum Gasteiger partial charge on any atom is -0.268 e. The van der Waals surface area contributed by atoms with Gasteiger partial charge in [0.05, 0.1) is 4.92 Å². The van der Waals surface area contributed by atoms with Crippen molar-refractivity contribution in [3.63, 3.8) is 0 Å². The Kier molecular flexibility index (Phi) is 3.96. The molecule has 5 heteroatoms. The maximum atomic E-state index is 10.2. The summed E-state index contributed by atoms with van der Waals surface area (Å²) in [4.78, 5) is 9.75. The highest BCUT2D eigenvalue weighted by Gasteiger charge is 2.12. The van der Waals surface area contributed by atoms with Crippen LogP contribution in [0.15, 0.2) is 6.20 Å². The molecule has 0 aliphatic rings. The molecule has 0 bridgehead atoms. The lowest BCUT2D eigenvalue weighted by Crippen LogP contribution is -1.86. The average molecular weight is 171 g/mol. The largest absolute Gasteiger partial charge is 0.309 e. The fourth-order valence-corrected chi connectivity index (χ4v) is 0.766. The van der Waals surface area contributed by atoms with Gasteiger partial charge in [-0.2, -0.15) is 5.10 Å². The quantitative estimate of drug-likeness (QED) is 0.477. The number of hydrogen-bond acceptors (Lipinski definition) is 3. The van der Waals surface area contributed by atoms with Gasteiger partial charge in [0.25, 0.3) is 0 Å². The highest BCUT2D eigenvalue weighted by atomic mass is 16.6.